The first-order chi connectivity index (χ1) is 12.7. The lowest BCUT2D eigenvalue weighted by Crippen LogP contribution is -2.41. The Bertz CT molecular complexity index is 1170. The molecule has 0 aliphatic heterocycles. The lowest BCUT2D eigenvalue weighted by molar-refractivity contribution is 0.280. The quantitative estimate of drug-likeness (QED) is 0.609. The normalized spacial score (nSPS) is 19.6. The summed E-state index contributed by atoms with van der Waals surface area (Å²) in [6.07, 6.45) is 6.70. The van der Waals surface area contributed by atoms with Gasteiger partial charge < -0.3 is 5.32 Å². The summed E-state index contributed by atoms with van der Waals surface area (Å²) in [5, 5.41) is 4.38. The molecule has 1 aromatic carbocycles. The van der Waals surface area contributed by atoms with Crippen LogP contribution in [-0.2, 0) is 7.05 Å². The predicted molar refractivity (Wildman–Crippen MR) is 98.0 cm³/mol. The average molecular weight is 347 g/mol. The van der Waals surface area contributed by atoms with E-state index in [0.717, 1.165) is 23.7 Å². The third-order valence-corrected chi connectivity index (χ3v) is 5.00. The number of aryl methyl sites for hydroxylation is 1. The van der Waals surface area contributed by atoms with Gasteiger partial charge in [-0.15, -0.1) is 0 Å². The van der Waals surface area contributed by atoms with Crippen molar-refractivity contribution in [3.8, 4) is 0 Å². The second kappa shape index (κ2) is 5.62. The van der Waals surface area contributed by atoms with Gasteiger partial charge in [0.2, 0.25) is 5.95 Å². The predicted octanol–water partition coefficient (Wildman–Crippen LogP) is 1.89. The molecule has 0 saturated heterocycles. The van der Waals surface area contributed by atoms with Crippen molar-refractivity contribution in [2.45, 2.75) is 24.9 Å². The summed E-state index contributed by atoms with van der Waals surface area (Å²) >= 11 is 0. The maximum Gasteiger partial charge on any atom is 0.331 e. The summed E-state index contributed by atoms with van der Waals surface area (Å²) in [6.45, 7) is 0. The summed E-state index contributed by atoms with van der Waals surface area (Å²) in [4.78, 5) is 30.1. The van der Waals surface area contributed by atoms with Gasteiger partial charge in [0.1, 0.15) is 0 Å². The first kappa shape index (κ1) is 15.0. The van der Waals surface area contributed by atoms with E-state index in [0.29, 0.717) is 17.2 Å². The minimum atomic E-state index is -0.0726. The molecular formula is C18H17N7O. The number of para-hydroxylation sites is 1. The molecule has 1 saturated carbocycles. The molecule has 1 aliphatic carbocycles. The number of anilines is 1. The first-order valence-electron chi connectivity index (χ1n) is 8.57. The van der Waals surface area contributed by atoms with Crippen LogP contribution in [0.5, 0.6) is 0 Å². The highest BCUT2D eigenvalue weighted by atomic mass is 16.1. The summed E-state index contributed by atoms with van der Waals surface area (Å²) in [5.74, 6) is 0.622. The SMILES string of the molecule is Cn1c(=O)n(C2CC(Nc3ncc4ccccc4n3)C2)c2nccnc21. The second-order valence-corrected chi connectivity index (χ2v) is 6.63. The summed E-state index contributed by atoms with van der Waals surface area (Å²) in [6, 6.07) is 8.25. The molecule has 8 nitrogen and oxygen atoms in total. The highest BCUT2D eigenvalue weighted by Gasteiger charge is 2.34. The molecular weight excluding hydrogens is 330 g/mol. The van der Waals surface area contributed by atoms with Crippen molar-refractivity contribution in [1.82, 2.24) is 29.1 Å². The van der Waals surface area contributed by atoms with Gasteiger partial charge in [0.25, 0.3) is 0 Å². The molecule has 130 valence electrons. The van der Waals surface area contributed by atoms with Crippen molar-refractivity contribution in [2.24, 2.45) is 7.05 Å². The molecule has 4 aromatic rings. The Hall–Kier alpha value is -3.29. The van der Waals surface area contributed by atoms with E-state index in [-0.39, 0.29) is 17.8 Å². The van der Waals surface area contributed by atoms with E-state index < -0.39 is 0 Å². The van der Waals surface area contributed by atoms with Gasteiger partial charge in [-0.05, 0) is 18.9 Å². The molecule has 26 heavy (non-hydrogen) atoms. The standard InChI is InChI=1S/C18H17N7O/c1-24-15-16(20-7-6-19-15)25(18(24)26)13-8-12(9-13)22-17-21-10-11-4-2-3-5-14(11)23-17/h2-7,10,12-13H,8-9H2,1H3,(H,21,22,23). The molecule has 0 spiro atoms. The van der Waals surface area contributed by atoms with E-state index in [2.05, 4.69) is 25.3 Å². The number of nitrogens with one attached hydrogen (secondary N) is 1. The van der Waals surface area contributed by atoms with Gasteiger partial charge >= 0.3 is 5.69 Å². The minimum absolute atomic E-state index is 0.0726. The third kappa shape index (κ3) is 2.26. The Morgan fingerprint density at radius 3 is 2.69 bits per heavy atom. The van der Waals surface area contributed by atoms with Crippen LogP contribution in [0.25, 0.3) is 22.2 Å². The highest BCUT2D eigenvalue weighted by Crippen LogP contribution is 2.34. The van der Waals surface area contributed by atoms with Crippen LogP contribution in [0.4, 0.5) is 5.95 Å². The number of hydrogen-bond acceptors (Lipinski definition) is 6. The van der Waals surface area contributed by atoms with Crippen molar-refractivity contribution in [1.29, 1.82) is 0 Å². The van der Waals surface area contributed by atoms with Crippen LogP contribution in [0.2, 0.25) is 0 Å². The molecule has 8 heteroatoms. The maximum atomic E-state index is 12.5. The van der Waals surface area contributed by atoms with Gasteiger partial charge in [0, 0.05) is 43.1 Å². The fourth-order valence-electron chi connectivity index (χ4n) is 3.54. The van der Waals surface area contributed by atoms with Crippen molar-refractivity contribution >= 4 is 28.1 Å². The van der Waals surface area contributed by atoms with Crippen molar-refractivity contribution in [3.63, 3.8) is 0 Å². The largest absolute Gasteiger partial charge is 0.351 e. The molecule has 1 N–H and O–H groups in total. The molecule has 0 atom stereocenters. The number of rotatable bonds is 3. The monoisotopic (exact) mass is 347 g/mol. The summed E-state index contributed by atoms with van der Waals surface area (Å²) < 4.78 is 3.30. The Morgan fingerprint density at radius 1 is 1.08 bits per heavy atom. The summed E-state index contributed by atoms with van der Waals surface area (Å²) in [7, 11) is 1.73. The first-order valence-corrected chi connectivity index (χ1v) is 8.57. The zero-order valence-electron chi connectivity index (χ0n) is 14.2. The number of nitrogens with zero attached hydrogens (tertiary/aromatic N) is 6. The molecule has 3 heterocycles. The van der Waals surface area contributed by atoms with Crippen LogP contribution in [-0.4, -0.2) is 35.1 Å². The number of fused-ring (bicyclic) bond motifs is 2. The molecule has 1 fully saturated rings. The lowest BCUT2D eigenvalue weighted by Gasteiger charge is -2.36. The van der Waals surface area contributed by atoms with Crippen LogP contribution in [0.3, 0.4) is 0 Å². The molecule has 5 rings (SSSR count). The van der Waals surface area contributed by atoms with Gasteiger partial charge in [-0.25, -0.2) is 24.7 Å². The van der Waals surface area contributed by atoms with Crippen molar-refractivity contribution < 1.29 is 0 Å². The summed E-state index contributed by atoms with van der Waals surface area (Å²) in [5.41, 5.74) is 2.11. The zero-order chi connectivity index (χ0) is 17.7. The van der Waals surface area contributed by atoms with E-state index in [1.54, 1.807) is 28.6 Å². The van der Waals surface area contributed by atoms with E-state index in [1.807, 2.05) is 30.5 Å². The van der Waals surface area contributed by atoms with Gasteiger partial charge in [0.05, 0.1) is 5.52 Å². The third-order valence-electron chi connectivity index (χ3n) is 5.00. The van der Waals surface area contributed by atoms with Crippen molar-refractivity contribution in [3.05, 3.63) is 53.3 Å². The number of aromatic nitrogens is 6. The fraction of sp³-hybridized carbons (Fsp3) is 0.278. The van der Waals surface area contributed by atoms with Crippen LogP contribution in [0.15, 0.2) is 47.7 Å². The van der Waals surface area contributed by atoms with Crippen LogP contribution in [0, 0.1) is 0 Å². The topological polar surface area (TPSA) is 90.5 Å². The molecule has 0 radical (unpaired) electrons. The zero-order valence-corrected chi connectivity index (χ0v) is 14.2. The van der Waals surface area contributed by atoms with E-state index >= 15 is 0 Å². The molecule has 1 aliphatic rings. The number of benzene rings is 1. The number of imidazole rings is 1. The molecule has 0 amide bonds. The molecule has 0 unspecified atom stereocenters. The average Bonchev–Trinajstić information content (AvgIpc) is 2.89. The van der Waals surface area contributed by atoms with E-state index in [4.69, 9.17) is 0 Å². The highest BCUT2D eigenvalue weighted by molar-refractivity contribution is 5.78. The maximum absolute atomic E-state index is 12.5. The number of hydrogen-bond donors (Lipinski definition) is 1. The Balaban J connectivity index is 1.36. The Kier molecular flexibility index (Phi) is 3.24. The van der Waals surface area contributed by atoms with Crippen LogP contribution in [0.1, 0.15) is 18.9 Å². The Morgan fingerprint density at radius 2 is 1.85 bits per heavy atom. The van der Waals surface area contributed by atoms with Gasteiger partial charge in [-0.2, -0.15) is 0 Å². The van der Waals surface area contributed by atoms with Crippen LogP contribution < -0.4 is 11.0 Å². The van der Waals surface area contributed by atoms with Gasteiger partial charge in [0.15, 0.2) is 11.3 Å². The van der Waals surface area contributed by atoms with E-state index in [1.165, 1.54) is 0 Å². The van der Waals surface area contributed by atoms with Gasteiger partial charge in [-0.1, -0.05) is 18.2 Å². The second-order valence-electron chi connectivity index (χ2n) is 6.63. The van der Waals surface area contributed by atoms with Crippen molar-refractivity contribution in [2.75, 3.05) is 5.32 Å². The van der Waals surface area contributed by atoms with E-state index in [9.17, 15) is 4.79 Å². The minimum Gasteiger partial charge on any atom is -0.351 e. The molecule has 0 bridgehead atoms. The van der Waals surface area contributed by atoms with Crippen LogP contribution >= 0.6 is 0 Å². The Labute approximate surface area is 148 Å². The van der Waals surface area contributed by atoms with Gasteiger partial charge in [-0.3, -0.25) is 9.13 Å². The smallest absolute Gasteiger partial charge is 0.331 e. The fourth-order valence-corrected chi connectivity index (χ4v) is 3.54. The lowest BCUT2D eigenvalue weighted by atomic mass is 9.86. The molecule has 3 aromatic heterocycles.